The van der Waals surface area contributed by atoms with E-state index in [0.717, 1.165) is 50.0 Å². The maximum atomic E-state index is 12.8. The number of para-hydroxylation sites is 1. The molecule has 4 heteroatoms. The van der Waals surface area contributed by atoms with Crippen molar-refractivity contribution in [2.24, 2.45) is 5.41 Å². The molecule has 2 bridgehead atoms. The molecule has 4 atom stereocenters. The van der Waals surface area contributed by atoms with Crippen molar-refractivity contribution in [3.8, 4) is 0 Å². The van der Waals surface area contributed by atoms with E-state index in [1.165, 1.54) is 18.1 Å². The van der Waals surface area contributed by atoms with Gasteiger partial charge in [0.25, 0.3) is 0 Å². The molecule has 1 saturated heterocycles. The van der Waals surface area contributed by atoms with E-state index in [0.29, 0.717) is 6.42 Å². The zero-order valence-electron chi connectivity index (χ0n) is 16.2. The minimum Gasteiger partial charge on any atom is -0.469 e. The van der Waals surface area contributed by atoms with Gasteiger partial charge in [0.2, 0.25) is 0 Å². The summed E-state index contributed by atoms with van der Waals surface area (Å²) in [4.78, 5) is 18.6. The summed E-state index contributed by atoms with van der Waals surface area (Å²) in [5, 5.41) is 1.20. The topological polar surface area (TPSA) is 45.3 Å². The Morgan fingerprint density at radius 2 is 2.28 bits per heavy atom. The molecular formula is C21H28N2O2. The van der Waals surface area contributed by atoms with Crippen molar-refractivity contribution in [1.82, 2.24) is 9.88 Å². The summed E-state index contributed by atoms with van der Waals surface area (Å²) in [5.74, 6) is -0.509. The summed E-state index contributed by atoms with van der Waals surface area (Å²) in [6.45, 7) is 3.78. The van der Waals surface area contributed by atoms with Crippen LogP contribution in [-0.4, -0.2) is 42.6 Å². The van der Waals surface area contributed by atoms with Crippen molar-refractivity contribution < 1.29 is 10.9 Å². The van der Waals surface area contributed by atoms with Gasteiger partial charge in [-0.3, -0.25) is 4.79 Å². The van der Waals surface area contributed by atoms with Crippen molar-refractivity contribution >= 4 is 16.9 Å². The van der Waals surface area contributed by atoms with Gasteiger partial charge in [-0.15, -0.1) is 0 Å². The SMILES string of the molecule is [2H][C@@H]1N2CCC[C@@]1(CC)C[C@H](C(=O)OC)c1[nH]c3ccccc3c1CC2. The molecule has 0 spiro atoms. The molecule has 3 heterocycles. The third-order valence-corrected chi connectivity index (χ3v) is 6.22. The van der Waals surface area contributed by atoms with Gasteiger partial charge < -0.3 is 14.6 Å². The Bertz CT molecular complexity index is 817. The van der Waals surface area contributed by atoms with Gasteiger partial charge in [0.15, 0.2) is 0 Å². The molecule has 0 radical (unpaired) electrons. The summed E-state index contributed by atoms with van der Waals surface area (Å²) >= 11 is 0. The van der Waals surface area contributed by atoms with Crippen LogP contribution in [0.15, 0.2) is 24.3 Å². The average molecular weight is 341 g/mol. The van der Waals surface area contributed by atoms with Crippen molar-refractivity contribution in [3.63, 3.8) is 0 Å². The lowest BCUT2D eigenvalue weighted by Crippen LogP contribution is -2.44. The number of hydrogen-bond acceptors (Lipinski definition) is 3. The van der Waals surface area contributed by atoms with Gasteiger partial charge in [0.05, 0.1) is 13.0 Å². The normalized spacial score (nSPS) is 32.9. The molecule has 1 N–H and O–H groups in total. The summed E-state index contributed by atoms with van der Waals surface area (Å²) in [6.07, 6.45) is 4.58. The van der Waals surface area contributed by atoms with Crippen LogP contribution < -0.4 is 0 Å². The zero-order valence-corrected chi connectivity index (χ0v) is 15.2. The van der Waals surface area contributed by atoms with Gasteiger partial charge in [-0.2, -0.15) is 0 Å². The van der Waals surface area contributed by atoms with Gasteiger partial charge >= 0.3 is 5.97 Å². The second kappa shape index (κ2) is 6.49. The van der Waals surface area contributed by atoms with E-state index in [1.54, 1.807) is 0 Å². The van der Waals surface area contributed by atoms with Gasteiger partial charge in [0.1, 0.15) is 0 Å². The van der Waals surface area contributed by atoms with Crippen LogP contribution in [0.2, 0.25) is 0 Å². The van der Waals surface area contributed by atoms with E-state index in [4.69, 9.17) is 6.11 Å². The summed E-state index contributed by atoms with van der Waals surface area (Å²) in [6, 6.07) is 8.28. The highest BCUT2D eigenvalue weighted by atomic mass is 16.5. The predicted octanol–water partition coefficient (Wildman–Crippen LogP) is 3.86. The van der Waals surface area contributed by atoms with Crippen LogP contribution in [0.3, 0.4) is 0 Å². The number of aromatic amines is 1. The van der Waals surface area contributed by atoms with E-state index in [1.807, 2.05) is 6.07 Å². The van der Waals surface area contributed by atoms with Crippen molar-refractivity contribution in [2.75, 3.05) is 26.7 Å². The van der Waals surface area contributed by atoms with Gasteiger partial charge in [0, 0.05) is 31.0 Å². The number of esters is 1. The Kier molecular flexibility index (Phi) is 4.01. The quantitative estimate of drug-likeness (QED) is 0.844. The Balaban J connectivity index is 1.89. The third kappa shape index (κ3) is 2.86. The van der Waals surface area contributed by atoms with Crippen molar-refractivity contribution in [2.45, 2.75) is 44.9 Å². The predicted molar refractivity (Wildman–Crippen MR) is 99.8 cm³/mol. The van der Waals surface area contributed by atoms with Gasteiger partial charge in [-0.25, -0.2) is 0 Å². The van der Waals surface area contributed by atoms with Crippen molar-refractivity contribution in [3.05, 3.63) is 35.5 Å². The molecule has 1 unspecified atom stereocenters. The fraction of sp³-hybridized carbons (Fsp3) is 0.571. The van der Waals surface area contributed by atoms with Crippen LogP contribution in [0.5, 0.6) is 0 Å². The number of nitrogens with one attached hydrogen (secondary N) is 1. The van der Waals surface area contributed by atoms with E-state index in [2.05, 4.69) is 35.0 Å². The minimum atomic E-state index is -0.326. The monoisotopic (exact) mass is 341 g/mol. The lowest BCUT2D eigenvalue weighted by Gasteiger charge is -2.43. The molecule has 25 heavy (non-hydrogen) atoms. The summed E-state index contributed by atoms with van der Waals surface area (Å²) in [5.41, 5.74) is 3.16. The number of carbonyl (C=O) groups is 1. The number of H-pyrrole nitrogens is 1. The molecule has 4 rings (SSSR count). The number of piperidine rings is 1. The van der Waals surface area contributed by atoms with Gasteiger partial charge in [-0.1, -0.05) is 25.1 Å². The number of methoxy groups -OCH3 is 1. The minimum absolute atomic E-state index is 0.157. The lowest BCUT2D eigenvalue weighted by molar-refractivity contribution is -0.143. The molecule has 1 aromatic heterocycles. The van der Waals surface area contributed by atoms with E-state index >= 15 is 0 Å². The summed E-state index contributed by atoms with van der Waals surface area (Å²) in [7, 11) is 1.47. The fourth-order valence-electron chi connectivity index (χ4n) is 4.79. The first-order valence-electron chi connectivity index (χ1n) is 10.0. The average Bonchev–Trinajstić information content (AvgIpc) is 3.04. The molecule has 4 nitrogen and oxygen atoms in total. The van der Waals surface area contributed by atoms with E-state index in [9.17, 15) is 4.79 Å². The second-order valence-corrected chi connectivity index (χ2v) is 7.58. The largest absolute Gasteiger partial charge is 0.469 e. The van der Waals surface area contributed by atoms with Crippen LogP contribution in [-0.2, 0) is 16.0 Å². The Labute approximate surface area is 150 Å². The van der Waals surface area contributed by atoms with Crippen LogP contribution in [0.4, 0.5) is 0 Å². The first-order valence-corrected chi connectivity index (χ1v) is 9.43. The van der Waals surface area contributed by atoms with Crippen LogP contribution in [0.25, 0.3) is 10.9 Å². The smallest absolute Gasteiger partial charge is 0.314 e. The Morgan fingerprint density at radius 1 is 1.44 bits per heavy atom. The number of ether oxygens (including phenoxy) is 1. The van der Waals surface area contributed by atoms with Crippen molar-refractivity contribution in [1.29, 1.82) is 0 Å². The van der Waals surface area contributed by atoms with Crippen LogP contribution >= 0.6 is 0 Å². The number of fused-ring (bicyclic) bond motifs is 5. The molecule has 2 aliphatic rings. The molecule has 1 fully saturated rings. The molecule has 2 aliphatic heterocycles. The fourth-order valence-corrected chi connectivity index (χ4v) is 4.79. The molecule has 0 amide bonds. The second-order valence-electron chi connectivity index (χ2n) is 7.58. The Hall–Kier alpha value is -1.81. The molecule has 1 aromatic carbocycles. The molecule has 0 aliphatic carbocycles. The van der Waals surface area contributed by atoms with E-state index < -0.39 is 0 Å². The molecule has 134 valence electrons. The lowest BCUT2D eigenvalue weighted by atomic mass is 9.71. The molecular weight excluding hydrogens is 312 g/mol. The van der Waals surface area contributed by atoms with E-state index in [-0.39, 0.29) is 23.8 Å². The molecule has 2 aromatic rings. The highest BCUT2D eigenvalue weighted by Crippen LogP contribution is 2.44. The number of nitrogens with zero attached hydrogens (tertiary/aromatic N) is 1. The molecule has 0 saturated carbocycles. The highest BCUT2D eigenvalue weighted by molar-refractivity contribution is 5.88. The zero-order chi connectivity index (χ0) is 18.3. The van der Waals surface area contributed by atoms with Crippen LogP contribution in [0.1, 0.15) is 51.2 Å². The maximum Gasteiger partial charge on any atom is 0.314 e. The summed E-state index contributed by atoms with van der Waals surface area (Å²) < 4.78 is 14.2. The number of aromatic nitrogens is 1. The highest BCUT2D eigenvalue weighted by Gasteiger charge is 2.41. The third-order valence-electron chi connectivity index (χ3n) is 6.22. The first-order chi connectivity index (χ1) is 12.6. The Morgan fingerprint density at radius 3 is 3.08 bits per heavy atom. The standard InChI is InChI=1S/C21H28N2O2/c1-3-21-10-6-11-23(14-21)12-9-16-15-7-4-5-8-18(15)22-19(16)17(13-21)20(24)25-2/h4-5,7-8,17,22H,3,6,9-14H2,1-2H3/t17-,21-/m0/s1/i14D/t14-,17-,21-. The maximum absolute atomic E-state index is 12.8. The number of benzene rings is 1. The number of rotatable bonds is 2. The van der Waals surface area contributed by atoms with Crippen LogP contribution in [0, 0.1) is 5.41 Å². The number of carbonyl (C=O) groups excluding carboxylic acids is 1. The first kappa shape index (κ1) is 15.4. The van der Waals surface area contributed by atoms with Gasteiger partial charge in [-0.05, 0) is 55.7 Å². The number of hydrogen-bond donors (Lipinski definition) is 1.